The Morgan fingerprint density at radius 1 is 1.07 bits per heavy atom. The van der Waals surface area contributed by atoms with Gasteiger partial charge in [0.15, 0.2) is 0 Å². The van der Waals surface area contributed by atoms with E-state index in [1.54, 1.807) is 0 Å². The van der Waals surface area contributed by atoms with E-state index in [0.29, 0.717) is 11.8 Å². The van der Waals surface area contributed by atoms with Crippen molar-refractivity contribution in [2.24, 2.45) is 0 Å². The van der Waals surface area contributed by atoms with Crippen LogP contribution in [0.15, 0.2) is 52.9 Å². The van der Waals surface area contributed by atoms with Crippen LogP contribution >= 0.6 is 0 Å². The fourth-order valence-corrected chi connectivity index (χ4v) is 3.62. The molecule has 5 nitrogen and oxygen atoms in total. The zero-order valence-electron chi connectivity index (χ0n) is 16.2. The average molecular weight is 362 g/mol. The van der Waals surface area contributed by atoms with Gasteiger partial charge in [0.05, 0.1) is 5.92 Å². The number of rotatable bonds is 5. The van der Waals surface area contributed by atoms with Gasteiger partial charge in [-0.05, 0) is 55.3 Å². The van der Waals surface area contributed by atoms with E-state index in [4.69, 9.17) is 4.42 Å². The molecule has 1 aliphatic rings. The van der Waals surface area contributed by atoms with E-state index in [1.165, 1.54) is 11.1 Å². The highest BCUT2D eigenvalue weighted by molar-refractivity contribution is 5.58. The van der Waals surface area contributed by atoms with Crippen LogP contribution in [-0.4, -0.2) is 42.3 Å². The zero-order chi connectivity index (χ0) is 18.8. The van der Waals surface area contributed by atoms with Gasteiger partial charge in [0, 0.05) is 38.4 Å². The Labute approximate surface area is 160 Å². The Balaban J connectivity index is 1.42. The molecule has 0 bridgehead atoms. The van der Waals surface area contributed by atoms with E-state index in [0.717, 1.165) is 43.2 Å². The van der Waals surface area contributed by atoms with Crippen molar-refractivity contribution in [2.75, 3.05) is 32.1 Å². The molecule has 3 aromatic rings. The third kappa shape index (κ3) is 3.88. The molecule has 4 rings (SSSR count). The molecule has 5 heteroatoms. The molecule has 0 N–H and O–H groups in total. The predicted octanol–water partition coefficient (Wildman–Crippen LogP) is 4.10. The van der Waals surface area contributed by atoms with E-state index < -0.39 is 0 Å². The lowest BCUT2D eigenvalue weighted by molar-refractivity contribution is 0.319. The van der Waals surface area contributed by atoms with E-state index in [9.17, 15) is 0 Å². The van der Waals surface area contributed by atoms with Crippen molar-refractivity contribution >= 4 is 5.69 Å². The van der Waals surface area contributed by atoms with Crippen molar-refractivity contribution in [1.82, 2.24) is 15.1 Å². The second kappa shape index (κ2) is 7.53. The summed E-state index contributed by atoms with van der Waals surface area (Å²) in [5.41, 5.74) is 4.86. The fourth-order valence-electron chi connectivity index (χ4n) is 3.62. The molecule has 0 spiro atoms. The van der Waals surface area contributed by atoms with Gasteiger partial charge in [0.1, 0.15) is 0 Å². The topological polar surface area (TPSA) is 45.4 Å². The van der Waals surface area contributed by atoms with Gasteiger partial charge in [0.2, 0.25) is 11.8 Å². The van der Waals surface area contributed by atoms with Crippen molar-refractivity contribution < 1.29 is 4.42 Å². The van der Waals surface area contributed by atoms with Crippen LogP contribution < -0.4 is 4.90 Å². The molecule has 1 fully saturated rings. The minimum atomic E-state index is 0.316. The predicted molar refractivity (Wildman–Crippen MR) is 108 cm³/mol. The quantitative estimate of drug-likeness (QED) is 0.684. The molecule has 2 aromatic carbocycles. The van der Waals surface area contributed by atoms with Crippen molar-refractivity contribution in [3.05, 3.63) is 65.5 Å². The van der Waals surface area contributed by atoms with Crippen LogP contribution in [0.25, 0.3) is 11.5 Å². The summed E-state index contributed by atoms with van der Waals surface area (Å²) >= 11 is 0. The number of likely N-dealkylation sites (tertiary alicyclic amines) is 1. The van der Waals surface area contributed by atoms with Crippen LogP contribution in [0.3, 0.4) is 0 Å². The monoisotopic (exact) mass is 362 g/mol. The molecule has 1 atom stereocenters. The first kappa shape index (κ1) is 17.7. The van der Waals surface area contributed by atoms with Crippen molar-refractivity contribution in [2.45, 2.75) is 25.8 Å². The van der Waals surface area contributed by atoms with Crippen molar-refractivity contribution in [1.29, 1.82) is 0 Å². The van der Waals surface area contributed by atoms with Crippen LogP contribution in [-0.2, 0) is 6.54 Å². The van der Waals surface area contributed by atoms with E-state index in [1.807, 2.05) is 26.2 Å². The summed E-state index contributed by atoms with van der Waals surface area (Å²) in [5, 5.41) is 8.62. The molecule has 1 unspecified atom stereocenters. The fraction of sp³-hybridized carbons (Fsp3) is 0.364. The summed E-state index contributed by atoms with van der Waals surface area (Å²) in [6, 6.07) is 16.8. The maximum Gasteiger partial charge on any atom is 0.247 e. The van der Waals surface area contributed by atoms with Gasteiger partial charge in [-0.15, -0.1) is 10.2 Å². The second-order valence-corrected chi connectivity index (χ2v) is 7.53. The molecular formula is C22H26N4O. The number of benzene rings is 2. The Bertz CT molecular complexity index is 901. The molecule has 2 heterocycles. The molecule has 0 radical (unpaired) electrons. The summed E-state index contributed by atoms with van der Waals surface area (Å²) in [6.45, 7) is 5.19. The van der Waals surface area contributed by atoms with Gasteiger partial charge >= 0.3 is 0 Å². The van der Waals surface area contributed by atoms with E-state index in [-0.39, 0.29) is 0 Å². The highest BCUT2D eigenvalue weighted by Gasteiger charge is 2.28. The van der Waals surface area contributed by atoms with Crippen molar-refractivity contribution in [3.63, 3.8) is 0 Å². The first-order chi connectivity index (χ1) is 13.1. The lowest BCUT2D eigenvalue weighted by atomic mass is 10.1. The Kier molecular flexibility index (Phi) is 4.94. The van der Waals surface area contributed by atoms with Crippen molar-refractivity contribution in [3.8, 4) is 11.5 Å². The van der Waals surface area contributed by atoms with Crippen LogP contribution in [0.1, 0.15) is 29.4 Å². The molecule has 1 aliphatic heterocycles. The first-order valence-corrected chi connectivity index (χ1v) is 9.48. The molecule has 27 heavy (non-hydrogen) atoms. The number of hydrogen-bond donors (Lipinski definition) is 0. The van der Waals surface area contributed by atoms with Crippen LogP contribution in [0.4, 0.5) is 5.69 Å². The number of aryl methyl sites for hydroxylation is 1. The van der Waals surface area contributed by atoms with Gasteiger partial charge in [-0.2, -0.15) is 0 Å². The van der Waals surface area contributed by atoms with Gasteiger partial charge in [-0.3, -0.25) is 4.90 Å². The smallest absolute Gasteiger partial charge is 0.247 e. The van der Waals surface area contributed by atoms with Crippen LogP contribution in [0, 0.1) is 6.92 Å². The minimum Gasteiger partial charge on any atom is -0.420 e. The third-order valence-electron chi connectivity index (χ3n) is 5.35. The number of anilines is 1. The average Bonchev–Trinajstić information content (AvgIpc) is 3.33. The van der Waals surface area contributed by atoms with Gasteiger partial charge in [0.25, 0.3) is 0 Å². The van der Waals surface area contributed by atoms with Crippen LogP contribution in [0.5, 0.6) is 0 Å². The molecule has 0 saturated carbocycles. The highest BCUT2D eigenvalue weighted by atomic mass is 16.4. The number of hydrogen-bond acceptors (Lipinski definition) is 5. The first-order valence-electron chi connectivity index (χ1n) is 9.48. The Hall–Kier alpha value is -2.66. The summed E-state index contributed by atoms with van der Waals surface area (Å²) in [4.78, 5) is 4.55. The molecule has 1 aromatic heterocycles. The largest absolute Gasteiger partial charge is 0.420 e. The lowest BCUT2D eigenvalue weighted by Crippen LogP contribution is -2.20. The standard InChI is InChI=1S/C22H26N4O/c1-16-6-4-5-7-18(16)14-26-13-12-19(15-26)22-24-23-21(27-22)17-8-10-20(11-9-17)25(2)3/h4-11,19H,12-15H2,1-3H3. The van der Waals surface area contributed by atoms with Gasteiger partial charge in [-0.1, -0.05) is 24.3 Å². The van der Waals surface area contributed by atoms with E-state index >= 15 is 0 Å². The molecule has 1 saturated heterocycles. The summed E-state index contributed by atoms with van der Waals surface area (Å²) in [6.07, 6.45) is 1.06. The second-order valence-electron chi connectivity index (χ2n) is 7.53. The minimum absolute atomic E-state index is 0.316. The molecule has 0 aliphatic carbocycles. The van der Waals surface area contributed by atoms with Gasteiger partial charge in [-0.25, -0.2) is 0 Å². The zero-order valence-corrected chi connectivity index (χ0v) is 16.2. The summed E-state index contributed by atoms with van der Waals surface area (Å²) < 4.78 is 6.01. The Morgan fingerprint density at radius 3 is 2.59 bits per heavy atom. The summed E-state index contributed by atoms with van der Waals surface area (Å²) in [5.74, 6) is 1.68. The number of aromatic nitrogens is 2. The van der Waals surface area contributed by atoms with E-state index in [2.05, 4.69) is 63.3 Å². The maximum absolute atomic E-state index is 6.01. The Morgan fingerprint density at radius 2 is 1.85 bits per heavy atom. The molecule has 0 amide bonds. The maximum atomic E-state index is 6.01. The summed E-state index contributed by atoms with van der Waals surface area (Å²) in [7, 11) is 4.06. The highest BCUT2D eigenvalue weighted by Crippen LogP contribution is 2.30. The normalized spacial score (nSPS) is 17.4. The third-order valence-corrected chi connectivity index (χ3v) is 5.35. The molecule has 140 valence electrons. The van der Waals surface area contributed by atoms with Gasteiger partial charge < -0.3 is 9.32 Å². The molecular weight excluding hydrogens is 336 g/mol. The lowest BCUT2D eigenvalue weighted by Gasteiger charge is -2.16. The van der Waals surface area contributed by atoms with Crippen LogP contribution in [0.2, 0.25) is 0 Å². The number of nitrogens with zero attached hydrogens (tertiary/aromatic N) is 4. The SMILES string of the molecule is Cc1ccccc1CN1CCC(c2nnc(-c3ccc(N(C)C)cc3)o2)C1.